The molecule has 1 atom stereocenters. The van der Waals surface area contributed by atoms with Gasteiger partial charge < -0.3 is 15.2 Å². The predicted octanol–water partition coefficient (Wildman–Crippen LogP) is 3.54. The average Bonchev–Trinajstić information content (AvgIpc) is 2.46. The fourth-order valence-electron chi connectivity index (χ4n) is 1.54. The van der Waals surface area contributed by atoms with Crippen molar-refractivity contribution in [1.82, 2.24) is 0 Å². The maximum Gasteiger partial charge on any atom is 0.461 e. The molecular formula is C13H14ClF6NO3. The van der Waals surface area contributed by atoms with Gasteiger partial charge in [0.05, 0.1) is 6.61 Å². The van der Waals surface area contributed by atoms with Gasteiger partial charge in [-0.25, -0.2) is 4.79 Å². The molecular weight excluding hydrogens is 368 g/mol. The number of hydrogen-bond donors (Lipinski definition) is 1. The van der Waals surface area contributed by atoms with E-state index in [0.717, 1.165) is 18.2 Å². The van der Waals surface area contributed by atoms with Crippen molar-refractivity contribution < 1.29 is 40.6 Å². The standard InChI is InChI=1S/C13H13F6NO3.ClH/c1-2-22-11(21)12(16,17)9(20)7-4-3-5-8(6-7)23-13(18,19)10(14)15;/h3-6,9-10H,2,20H2,1H3;1H/t9-;/m0./s1. The summed E-state index contributed by atoms with van der Waals surface area (Å²) >= 11 is 0. The van der Waals surface area contributed by atoms with Crippen molar-refractivity contribution in [3.05, 3.63) is 29.8 Å². The zero-order valence-electron chi connectivity index (χ0n) is 12.1. The van der Waals surface area contributed by atoms with E-state index < -0.39 is 41.8 Å². The van der Waals surface area contributed by atoms with Crippen molar-refractivity contribution in [2.45, 2.75) is 31.4 Å². The first-order valence-corrected chi connectivity index (χ1v) is 6.28. The Balaban J connectivity index is 0.00000529. The second-order valence-electron chi connectivity index (χ2n) is 4.36. The Labute approximate surface area is 139 Å². The first-order chi connectivity index (χ1) is 10.5. The summed E-state index contributed by atoms with van der Waals surface area (Å²) in [5.74, 6) is -6.83. The number of alkyl halides is 6. The molecule has 2 N–H and O–H groups in total. The minimum Gasteiger partial charge on any atom is -0.462 e. The summed E-state index contributed by atoms with van der Waals surface area (Å²) in [6.45, 7) is 0.991. The molecule has 0 saturated heterocycles. The first kappa shape index (κ1) is 22.3. The Morgan fingerprint density at radius 3 is 2.33 bits per heavy atom. The molecule has 138 valence electrons. The van der Waals surface area contributed by atoms with Crippen molar-refractivity contribution in [2.75, 3.05) is 6.61 Å². The number of carbonyl (C=O) groups is 1. The number of carbonyl (C=O) groups excluding carboxylic acids is 1. The second-order valence-corrected chi connectivity index (χ2v) is 4.36. The molecule has 1 aromatic rings. The number of esters is 1. The van der Waals surface area contributed by atoms with Crippen LogP contribution in [0.1, 0.15) is 18.5 Å². The van der Waals surface area contributed by atoms with Crippen LogP contribution < -0.4 is 10.5 Å². The molecule has 0 fully saturated rings. The molecule has 0 spiro atoms. The quantitative estimate of drug-likeness (QED) is 0.579. The summed E-state index contributed by atoms with van der Waals surface area (Å²) in [6.07, 6.45) is -8.91. The van der Waals surface area contributed by atoms with E-state index in [4.69, 9.17) is 5.73 Å². The lowest BCUT2D eigenvalue weighted by Gasteiger charge is -2.23. The van der Waals surface area contributed by atoms with Gasteiger partial charge in [0.25, 0.3) is 0 Å². The molecule has 0 radical (unpaired) electrons. The van der Waals surface area contributed by atoms with Crippen LogP contribution in [0.3, 0.4) is 0 Å². The third-order valence-corrected chi connectivity index (χ3v) is 2.66. The van der Waals surface area contributed by atoms with Gasteiger partial charge in [0, 0.05) is 0 Å². The van der Waals surface area contributed by atoms with Gasteiger partial charge in [-0.05, 0) is 24.6 Å². The highest BCUT2D eigenvalue weighted by molar-refractivity contribution is 5.85. The predicted molar refractivity (Wildman–Crippen MR) is 73.8 cm³/mol. The first-order valence-electron chi connectivity index (χ1n) is 6.28. The summed E-state index contributed by atoms with van der Waals surface area (Å²) in [4.78, 5) is 11.2. The van der Waals surface area contributed by atoms with Crippen molar-refractivity contribution in [2.24, 2.45) is 5.73 Å². The van der Waals surface area contributed by atoms with Gasteiger partial charge in [0.2, 0.25) is 0 Å². The number of halogens is 7. The molecule has 11 heteroatoms. The lowest BCUT2D eigenvalue weighted by atomic mass is 10.0. The molecule has 24 heavy (non-hydrogen) atoms. The molecule has 1 aromatic carbocycles. The number of hydrogen-bond acceptors (Lipinski definition) is 4. The van der Waals surface area contributed by atoms with Gasteiger partial charge in [-0.15, -0.1) is 12.4 Å². The fourth-order valence-corrected chi connectivity index (χ4v) is 1.54. The zero-order valence-corrected chi connectivity index (χ0v) is 13.0. The molecule has 0 amide bonds. The average molecular weight is 382 g/mol. The van der Waals surface area contributed by atoms with E-state index in [2.05, 4.69) is 9.47 Å². The van der Waals surface area contributed by atoms with Gasteiger partial charge in [-0.3, -0.25) is 0 Å². The maximum absolute atomic E-state index is 13.8. The summed E-state index contributed by atoms with van der Waals surface area (Å²) < 4.78 is 85.2. The minimum atomic E-state index is -4.80. The molecule has 0 aromatic heterocycles. The molecule has 0 unspecified atom stereocenters. The van der Waals surface area contributed by atoms with Gasteiger partial charge >= 0.3 is 24.4 Å². The minimum absolute atomic E-state index is 0. The van der Waals surface area contributed by atoms with Crippen LogP contribution in [0.2, 0.25) is 0 Å². The molecule has 0 aliphatic heterocycles. The van der Waals surface area contributed by atoms with Crippen LogP contribution in [0.25, 0.3) is 0 Å². The van der Waals surface area contributed by atoms with Crippen LogP contribution in [0.4, 0.5) is 26.3 Å². The zero-order chi connectivity index (χ0) is 17.8. The second kappa shape index (κ2) is 8.43. The van der Waals surface area contributed by atoms with Crippen LogP contribution in [0.15, 0.2) is 24.3 Å². The van der Waals surface area contributed by atoms with E-state index in [1.807, 2.05) is 0 Å². The van der Waals surface area contributed by atoms with Crippen LogP contribution >= 0.6 is 12.4 Å². The van der Waals surface area contributed by atoms with Gasteiger partial charge in [-0.1, -0.05) is 12.1 Å². The van der Waals surface area contributed by atoms with Crippen molar-refractivity contribution in [3.63, 3.8) is 0 Å². The molecule has 1 rings (SSSR count). The molecule has 0 heterocycles. The Kier molecular flexibility index (Phi) is 7.84. The van der Waals surface area contributed by atoms with E-state index in [0.29, 0.717) is 6.07 Å². The Hall–Kier alpha value is -1.68. The third kappa shape index (κ3) is 5.17. The van der Waals surface area contributed by atoms with E-state index in [9.17, 15) is 31.1 Å². The van der Waals surface area contributed by atoms with Crippen LogP contribution in [0, 0.1) is 0 Å². The Morgan fingerprint density at radius 1 is 1.25 bits per heavy atom. The highest BCUT2D eigenvalue weighted by Crippen LogP contribution is 2.34. The number of nitrogens with two attached hydrogens (primary N) is 1. The monoisotopic (exact) mass is 381 g/mol. The van der Waals surface area contributed by atoms with Gasteiger partial charge in [0.1, 0.15) is 11.8 Å². The smallest absolute Gasteiger partial charge is 0.461 e. The Bertz CT molecular complexity index is 558. The Morgan fingerprint density at radius 2 is 1.83 bits per heavy atom. The van der Waals surface area contributed by atoms with E-state index in [1.54, 1.807) is 0 Å². The normalized spacial score (nSPS) is 13.2. The lowest BCUT2D eigenvalue weighted by Crippen LogP contribution is -2.41. The third-order valence-electron chi connectivity index (χ3n) is 2.66. The highest BCUT2D eigenvalue weighted by atomic mass is 35.5. The van der Waals surface area contributed by atoms with E-state index in [-0.39, 0.29) is 19.0 Å². The van der Waals surface area contributed by atoms with E-state index >= 15 is 0 Å². The lowest BCUT2D eigenvalue weighted by molar-refractivity contribution is -0.253. The SMILES string of the molecule is CCOC(=O)C(F)(F)[C@@H](N)c1cccc(OC(F)(F)C(F)F)c1.Cl. The molecule has 0 bridgehead atoms. The fraction of sp³-hybridized carbons (Fsp3) is 0.462. The molecule has 0 aliphatic rings. The summed E-state index contributed by atoms with van der Waals surface area (Å²) in [6, 6.07) is 1.24. The van der Waals surface area contributed by atoms with E-state index in [1.165, 1.54) is 6.92 Å². The van der Waals surface area contributed by atoms with Crippen molar-refractivity contribution in [1.29, 1.82) is 0 Å². The van der Waals surface area contributed by atoms with Gasteiger partial charge in [-0.2, -0.15) is 26.3 Å². The topological polar surface area (TPSA) is 61.5 Å². The summed E-state index contributed by atoms with van der Waals surface area (Å²) in [7, 11) is 0. The van der Waals surface area contributed by atoms with Crippen LogP contribution in [-0.4, -0.2) is 31.0 Å². The molecule has 0 saturated carbocycles. The highest BCUT2D eigenvalue weighted by Gasteiger charge is 2.48. The number of benzene rings is 1. The number of rotatable bonds is 7. The molecule has 4 nitrogen and oxygen atoms in total. The largest absolute Gasteiger partial charge is 0.462 e. The maximum atomic E-state index is 13.8. The van der Waals surface area contributed by atoms with Crippen LogP contribution in [-0.2, 0) is 9.53 Å². The summed E-state index contributed by atoms with van der Waals surface area (Å²) in [5.41, 5.74) is 4.79. The van der Waals surface area contributed by atoms with Crippen molar-refractivity contribution >= 4 is 18.4 Å². The summed E-state index contributed by atoms with van der Waals surface area (Å²) in [5, 5.41) is 0. The van der Waals surface area contributed by atoms with Gasteiger partial charge in [0.15, 0.2) is 0 Å². The molecule has 0 aliphatic carbocycles. The van der Waals surface area contributed by atoms with Crippen LogP contribution in [0.5, 0.6) is 5.75 Å². The van der Waals surface area contributed by atoms with Crippen molar-refractivity contribution in [3.8, 4) is 5.75 Å². The number of ether oxygens (including phenoxy) is 2.